The smallest absolute Gasteiger partial charge is 0.326 e. The molecule has 2 aliphatic heterocycles. The number of imide groups is 1. The van der Waals surface area contributed by atoms with Crippen LogP contribution in [-0.2, 0) is 11.2 Å². The van der Waals surface area contributed by atoms with E-state index in [1.54, 1.807) is 36.4 Å². The minimum atomic E-state index is -0.571. The number of likely N-dealkylation sites (tertiary alicyclic amines) is 1. The predicted molar refractivity (Wildman–Crippen MR) is 163 cm³/mol. The third-order valence-corrected chi connectivity index (χ3v) is 7.77. The Morgan fingerprint density at radius 3 is 2.40 bits per heavy atom. The van der Waals surface area contributed by atoms with Crippen LogP contribution in [0.25, 0.3) is 17.0 Å². The van der Waals surface area contributed by atoms with Crippen molar-refractivity contribution in [2.45, 2.75) is 25.7 Å². The third kappa shape index (κ3) is 6.16. The van der Waals surface area contributed by atoms with Gasteiger partial charge in [0.25, 0.3) is 11.6 Å². The van der Waals surface area contributed by atoms with Crippen LogP contribution in [0.1, 0.15) is 41.5 Å². The number of nitrogens with one attached hydrogen (secondary N) is 3. The van der Waals surface area contributed by atoms with Crippen LogP contribution in [0, 0.1) is 10.1 Å². The fourth-order valence-corrected chi connectivity index (χ4v) is 5.51. The number of aliphatic imine (C=N–C) groups is 1. The Labute approximate surface area is 247 Å². The molecule has 1 aromatic heterocycles. The highest BCUT2D eigenvalue weighted by Gasteiger charge is 2.23. The Kier molecular flexibility index (Phi) is 7.71. The Morgan fingerprint density at radius 2 is 1.72 bits per heavy atom. The van der Waals surface area contributed by atoms with Crippen LogP contribution in [-0.4, -0.2) is 57.2 Å². The van der Waals surface area contributed by atoms with Crippen LogP contribution in [0.5, 0.6) is 5.88 Å². The number of hydrogen-bond donors (Lipinski definition) is 4. The lowest BCUT2D eigenvalue weighted by atomic mass is 9.98. The molecule has 0 atom stereocenters. The molecule has 11 heteroatoms. The lowest BCUT2D eigenvalue weighted by Gasteiger charge is -2.26. The Hall–Kier alpha value is -5.29. The number of non-ortho nitro benzene ring substituents is 1. The highest BCUT2D eigenvalue weighted by Crippen LogP contribution is 2.34. The van der Waals surface area contributed by atoms with Gasteiger partial charge in [0.15, 0.2) is 5.88 Å². The summed E-state index contributed by atoms with van der Waals surface area (Å²) in [4.78, 5) is 44.7. The molecule has 3 heterocycles. The minimum Gasteiger partial charge on any atom is -0.494 e. The summed E-state index contributed by atoms with van der Waals surface area (Å²) in [6.45, 7) is 3.28. The number of piperidine rings is 1. The number of rotatable bonds is 8. The van der Waals surface area contributed by atoms with Crippen molar-refractivity contribution in [1.29, 1.82) is 0 Å². The molecule has 6 rings (SSSR count). The summed E-state index contributed by atoms with van der Waals surface area (Å²) in [6.07, 6.45) is 6.27. The number of aromatic hydroxyl groups is 1. The van der Waals surface area contributed by atoms with E-state index in [1.807, 2.05) is 12.1 Å². The maximum absolute atomic E-state index is 11.9. The monoisotopic (exact) mass is 578 g/mol. The molecule has 0 spiro atoms. The van der Waals surface area contributed by atoms with E-state index in [4.69, 9.17) is 4.99 Å². The molecule has 11 nitrogen and oxygen atoms in total. The van der Waals surface area contributed by atoms with E-state index in [0.29, 0.717) is 33.4 Å². The van der Waals surface area contributed by atoms with Crippen molar-refractivity contribution in [2.75, 3.05) is 19.6 Å². The van der Waals surface area contributed by atoms with Gasteiger partial charge in [-0.15, -0.1) is 0 Å². The van der Waals surface area contributed by atoms with Gasteiger partial charge in [-0.05, 0) is 67.8 Å². The van der Waals surface area contributed by atoms with Crippen molar-refractivity contribution in [3.05, 3.63) is 105 Å². The van der Waals surface area contributed by atoms with Gasteiger partial charge in [0.1, 0.15) is 5.70 Å². The molecular formula is C32H30N6O5. The Bertz CT molecular complexity index is 1770. The number of urea groups is 1. The molecule has 2 aliphatic rings. The number of hydrogen-bond acceptors (Lipinski definition) is 7. The second-order valence-corrected chi connectivity index (χ2v) is 10.7. The van der Waals surface area contributed by atoms with Crippen molar-refractivity contribution >= 4 is 46.0 Å². The van der Waals surface area contributed by atoms with Gasteiger partial charge < -0.3 is 20.3 Å². The summed E-state index contributed by atoms with van der Waals surface area (Å²) in [5, 5.41) is 27.7. The molecule has 3 aromatic carbocycles. The Morgan fingerprint density at radius 1 is 0.977 bits per heavy atom. The molecular weight excluding hydrogens is 548 g/mol. The zero-order valence-corrected chi connectivity index (χ0v) is 23.3. The SMILES string of the molecule is O=C1NC(=O)/C(=C\c2ccc(N=C(c3ccc(CCN4CCCCC4)cc3)c3c(O)[nH]c4ccc([N+](=O)[O-])cc34)cc2)N1. The summed E-state index contributed by atoms with van der Waals surface area (Å²) in [7, 11) is 0. The first-order valence-electron chi connectivity index (χ1n) is 14.2. The molecule has 218 valence electrons. The van der Waals surface area contributed by atoms with Crippen molar-refractivity contribution in [1.82, 2.24) is 20.5 Å². The number of aromatic amines is 1. The number of nitro benzene ring substituents is 1. The number of fused-ring (bicyclic) bond motifs is 1. The van der Waals surface area contributed by atoms with Gasteiger partial charge in [0.05, 0.1) is 21.9 Å². The molecule has 43 heavy (non-hydrogen) atoms. The largest absolute Gasteiger partial charge is 0.494 e. The highest BCUT2D eigenvalue weighted by atomic mass is 16.6. The second kappa shape index (κ2) is 11.9. The van der Waals surface area contributed by atoms with E-state index in [9.17, 15) is 24.8 Å². The average molecular weight is 579 g/mol. The molecule has 0 aliphatic carbocycles. The summed E-state index contributed by atoms with van der Waals surface area (Å²) < 4.78 is 0. The van der Waals surface area contributed by atoms with Crippen molar-refractivity contribution in [3.63, 3.8) is 0 Å². The van der Waals surface area contributed by atoms with E-state index < -0.39 is 16.9 Å². The number of nitro groups is 1. The van der Waals surface area contributed by atoms with Crippen LogP contribution < -0.4 is 10.6 Å². The van der Waals surface area contributed by atoms with Gasteiger partial charge in [-0.25, -0.2) is 9.79 Å². The molecule has 0 unspecified atom stereocenters. The standard InChI is InChI=1S/C32H30N6O5/c39-30-27(35-32(41)36-30)18-21-6-10-23(11-7-21)33-29(28-25-19-24(38(42)43)12-13-26(25)34-31(28)40)22-8-4-20(5-9-22)14-17-37-15-2-1-3-16-37/h4-13,18-19,34,40H,1-3,14-17H2,(H2,35,36,39,41)/b27-18+,33-29?. The molecule has 2 saturated heterocycles. The zero-order valence-electron chi connectivity index (χ0n) is 23.3. The van der Waals surface area contributed by atoms with Crippen LogP contribution in [0.4, 0.5) is 16.2 Å². The van der Waals surface area contributed by atoms with Crippen molar-refractivity contribution in [3.8, 4) is 5.88 Å². The van der Waals surface area contributed by atoms with Crippen molar-refractivity contribution < 1.29 is 19.6 Å². The van der Waals surface area contributed by atoms with Crippen LogP contribution >= 0.6 is 0 Å². The van der Waals surface area contributed by atoms with E-state index in [-0.39, 0.29) is 17.3 Å². The normalized spacial score (nSPS) is 16.9. The minimum absolute atomic E-state index is 0.0967. The van der Waals surface area contributed by atoms with Crippen LogP contribution in [0.2, 0.25) is 0 Å². The predicted octanol–water partition coefficient (Wildman–Crippen LogP) is 5.16. The van der Waals surface area contributed by atoms with E-state index in [2.05, 4.69) is 32.7 Å². The summed E-state index contributed by atoms with van der Waals surface area (Å²) in [6, 6.07) is 18.9. The fourth-order valence-electron chi connectivity index (χ4n) is 5.51. The lowest BCUT2D eigenvalue weighted by molar-refractivity contribution is -0.384. The quantitative estimate of drug-likeness (QED) is 0.0745. The van der Waals surface area contributed by atoms with Gasteiger partial charge in [-0.2, -0.15) is 0 Å². The molecule has 3 amide bonds. The molecule has 0 saturated carbocycles. The molecule has 2 fully saturated rings. The van der Waals surface area contributed by atoms with Gasteiger partial charge in [-0.1, -0.05) is 42.8 Å². The van der Waals surface area contributed by atoms with Gasteiger partial charge in [0, 0.05) is 35.1 Å². The molecule has 4 N–H and O–H groups in total. The first-order chi connectivity index (χ1) is 20.8. The number of H-pyrrole nitrogens is 1. The van der Waals surface area contributed by atoms with Gasteiger partial charge in [-0.3, -0.25) is 20.2 Å². The maximum atomic E-state index is 11.9. The van der Waals surface area contributed by atoms with Gasteiger partial charge in [0.2, 0.25) is 0 Å². The lowest BCUT2D eigenvalue weighted by Crippen LogP contribution is -2.31. The zero-order chi connectivity index (χ0) is 29.9. The van der Waals surface area contributed by atoms with E-state index >= 15 is 0 Å². The van der Waals surface area contributed by atoms with Gasteiger partial charge >= 0.3 is 6.03 Å². The number of carbonyl (C=O) groups excluding carboxylic acids is 2. The first kappa shape index (κ1) is 27.9. The Balaban J connectivity index is 1.36. The molecule has 4 aromatic rings. The summed E-state index contributed by atoms with van der Waals surface area (Å²) in [5.74, 6) is -0.648. The molecule has 0 radical (unpaired) electrons. The number of amides is 3. The average Bonchev–Trinajstić information content (AvgIpc) is 3.51. The summed E-state index contributed by atoms with van der Waals surface area (Å²) >= 11 is 0. The topological polar surface area (TPSA) is 153 Å². The maximum Gasteiger partial charge on any atom is 0.326 e. The number of carbonyl (C=O) groups is 2. The third-order valence-electron chi connectivity index (χ3n) is 7.77. The van der Waals surface area contributed by atoms with E-state index in [0.717, 1.165) is 31.6 Å². The van der Waals surface area contributed by atoms with Crippen LogP contribution in [0.15, 0.2) is 77.4 Å². The van der Waals surface area contributed by atoms with E-state index in [1.165, 1.54) is 37.0 Å². The second-order valence-electron chi connectivity index (χ2n) is 10.7. The fraction of sp³-hybridized carbons (Fsp3) is 0.219. The number of nitrogens with zero attached hydrogens (tertiary/aromatic N) is 3. The van der Waals surface area contributed by atoms with Crippen molar-refractivity contribution in [2.24, 2.45) is 4.99 Å². The first-order valence-corrected chi connectivity index (χ1v) is 14.2. The molecule has 0 bridgehead atoms. The van der Waals surface area contributed by atoms with Crippen LogP contribution in [0.3, 0.4) is 0 Å². The number of aromatic nitrogens is 1. The highest BCUT2D eigenvalue weighted by molar-refractivity contribution is 6.22. The number of benzene rings is 3. The summed E-state index contributed by atoms with van der Waals surface area (Å²) in [5.41, 5.74) is 4.56.